The Hall–Kier alpha value is 0.103. The molecule has 0 fully saturated rings. The van der Waals surface area contributed by atoms with Gasteiger partial charge in [0.05, 0.1) is 0 Å². The van der Waals surface area contributed by atoms with Gasteiger partial charge in [0, 0.05) is 0 Å². The molecule has 0 rings (SSSR count). The summed E-state index contributed by atoms with van der Waals surface area (Å²) < 4.78 is 5.77. The van der Waals surface area contributed by atoms with Gasteiger partial charge >= 0.3 is 99.5 Å². The molecule has 0 aliphatic heterocycles. The van der Waals surface area contributed by atoms with Gasteiger partial charge in [0.25, 0.3) is 0 Å². The van der Waals surface area contributed by atoms with Crippen molar-refractivity contribution in [3.8, 4) is 11.2 Å². The Bertz CT molecular complexity index is 187. The van der Waals surface area contributed by atoms with Crippen molar-refractivity contribution in [2.45, 2.75) is 75.1 Å². The fourth-order valence-electron chi connectivity index (χ4n) is 2.90. The van der Waals surface area contributed by atoms with Crippen LogP contribution in [-0.2, 0) is 0 Å². The van der Waals surface area contributed by atoms with Crippen LogP contribution in [0.4, 0.5) is 0 Å². The van der Waals surface area contributed by atoms with Gasteiger partial charge in [-0.1, -0.05) is 0 Å². The van der Waals surface area contributed by atoms with Gasteiger partial charge in [0.1, 0.15) is 0 Å². The fourth-order valence-corrected chi connectivity index (χ4v) is 15.1. The maximum absolute atomic E-state index is 5.97. The van der Waals surface area contributed by atoms with Crippen LogP contribution in [0.5, 0.6) is 0 Å². The second kappa shape index (κ2) is 6.64. The van der Waals surface area contributed by atoms with E-state index < -0.39 is 13.3 Å². The standard InChI is InChI=1S/C14H28Ge/c1-8-12(5)15(11-4,13(6)9-2)14(7)10-3/h4,12-14H,8-10H2,1-3,5-7H3. The Kier molecular flexibility index (Phi) is 6.68. The molecule has 0 aromatic carbocycles. The van der Waals surface area contributed by atoms with E-state index >= 15 is 0 Å². The summed E-state index contributed by atoms with van der Waals surface area (Å²) in [4.78, 5) is 0. The number of rotatable bonds is 6. The third-order valence-corrected chi connectivity index (χ3v) is 18.4. The first-order valence-corrected chi connectivity index (χ1v) is 11.2. The van der Waals surface area contributed by atoms with Crippen molar-refractivity contribution in [1.82, 2.24) is 0 Å². The van der Waals surface area contributed by atoms with E-state index in [0.29, 0.717) is 0 Å². The Morgan fingerprint density at radius 1 is 0.867 bits per heavy atom. The van der Waals surface area contributed by atoms with Crippen LogP contribution in [0.25, 0.3) is 0 Å². The Morgan fingerprint density at radius 3 is 1.27 bits per heavy atom. The van der Waals surface area contributed by atoms with Crippen molar-refractivity contribution in [2.75, 3.05) is 0 Å². The molecule has 0 aromatic heterocycles. The van der Waals surface area contributed by atoms with E-state index in [0.717, 1.165) is 14.3 Å². The second-order valence-electron chi connectivity index (χ2n) is 5.01. The molecule has 0 saturated carbocycles. The van der Waals surface area contributed by atoms with E-state index in [1.807, 2.05) is 0 Å². The number of hydrogen-bond acceptors (Lipinski definition) is 0. The first kappa shape index (κ1) is 15.1. The molecule has 0 bridgehead atoms. The SMILES string of the molecule is C#[C][Ge]([CH](C)CC)([CH](C)CC)[CH](C)CC. The fraction of sp³-hybridized carbons (Fsp3) is 0.857. The van der Waals surface area contributed by atoms with Crippen molar-refractivity contribution < 1.29 is 0 Å². The van der Waals surface area contributed by atoms with Crippen LogP contribution >= 0.6 is 0 Å². The van der Waals surface area contributed by atoms with Gasteiger partial charge in [-0.15, -0.1) is 0 Å². The summed E-state index contributed by atoms with van der Waals surface area (Å²) in [5.74, 6) is 0. The van der Waals surface area contributed by atoms with Gasteiger partial charge < -0.3 is 0 Å². The molecular formula is C14H28Ge. The Labute approximate surface area is 99.6 Å². The van der Waals surface area contributed by atoms with Crippen molar-refractivity contribution in [3.05, 3.63) is 0 Å². The third kappa shape index (κ3) is 2.81. The molecule has 0 aliphatic carbocycles. The maximum atomic E-state index is 5.97. The first-order valence-electron chi connectivity index (χ1n) is 6.48. The molecule has 0 aliphatic rings. The molecule has 0 N–H and O–H groups in total. The Balaban J connectivity index is 5.21. The zero-order valence-electron chi connectivity index (χ0n) is 11.4. The summed E-state index contributed by atoms with van der Waals surface area (Å²) in [6, 6.07) is 0. The third-order valence-electron chi connectivity index (χ3n) is 4.53. The van der Waals surface area contributed by atoms with Crippen LogP contribution in [0.1, 0.15) is 60.8 Å². The van der Waals surface area contributed by atoms with Gasteiger partial charge in [0.2, 0.25) is 0 Å². The van der Waals surface area contributed by atoms with Crippen LogP contribution in [0.15, 0.2) is 0 Å². The van der Waals surface area contributed by atoms with Gasteiger partial charge in [-0.3, -0.25) is 0 Å². The van der Waals surface area contributed by atoms with Crippen molar-refractivity contribution in [2.24, 2.45) is 0 Å². The second-order valence-corrected chi connectivity index (χ2v) is 15.7. The van der Waals surface area contributed by atoms with Gasteiger partial charge in [0.15, 0.2) is 0 Å². The molecule has 0 spiro atoms. The molecule has 15 heavy (non-hydrogen) atoms. The van der Waals surface area contributed by atoms with E-state index in [1.165, 1.54) is 19.3 Å². The molecule has 3 unspecified atom stereocenters. The molecule has 0 radical (unpaired) electrons. The van der Waals surface area contributed by atoms with Crippen LogP contribution in [0, 0.1) is 11.2 Å². The van der Waals surface area contributed by atoms with Gasteiger partial charge in [-0.05, 0) is 0 Å². The van der Waals surface area contributed by atoms with E-state index in [-0.39, 0.29) is 0 Å². The molecule has 0 saturated heterocycles. The van der Waals surface area contributed by atoms with Crippen molar-refractivity contribution >= 4 is 13.3 Å². The number of hydrogen-bond donors (Lipinski definition) is 0. The van der Waals surface area contributed by atoms with Crippen LogP contribution in [0.3, 0.4) is 0 Å². The van der Waals surface area contributed by atoms with Gasteiger partial charge in [-0.2, -0.15) is 0 Å². The van der Waals surface area contributed by atoms with Crippen molar-refractivity contribution in [3.63, 3.8) is 0 Å². The molecule has 1 heteroatoms. The molecular weight excluding hydrogens is 241 g/mol. The summed E-state index contributed by atoms with van der Waals surface area (Å²) in [5.41, 5.74) is 0. The molecule has 0 amide bonds. The zero-order chi connectivity index (χ0) is 12.1. The minimum absolute atomic E-state index is 0.805. The van der Waals surface area contributed by atoms with Crippen LogP contribution < -0.4 is 0 Å². The average molecular weight is 269 g/mol. The quantitative estimate of drug-likeness (QED) is 0.469. The predicted octanol–water partition coefficient (Wildman–Crippen LogP) is 5.01. The zero-order valence-corrected chi connectivity index (χ0v) is 13.5. The topological polar surface area (TPSA) is 0 Å². The monoisotopic (exact) mass is 270 g/mol. The average Bonchev–Trinajstić information content (AvgIpc) is 2.29. The minimum atomic E-state index is -2.13. The molecule has 0 aromatic rings. The van der Waals surface area contributed by atoms with Crippen molar-refractivity contribution in [1.29, 1.82) is 0 Å². The summed E-state index contributed by atoms with van der Waals surface area (Å²) in [5, 5.41) is 0. The van der Waals surface area contributed by atoms with Crippen LogP contribution in [-0.4, -0.2) is 13.3 Å². The normalized spacial score (nSPS) is 21.1. The van der Waals surface area contributed by atoms with E-state index in [9.17, 15) is 0 Å². The summed E-state index contributed by atoms with van der Waals surface area (Å²) >= 11 is -2.13. The molecule has 0 nitrogen and oxygen atoms in total. The van der Waals surface area contributed by atoms with E-state index in [4.69, 9.17) is 6.42 Å². The van der Waals surface area contributed by atoms with E-state index in [2.05, 4.69) is 46.3 Å². The predicted molar refractivity (Wildman–Crippen MR) is 73.7 cm³/mol. The molecule has 0 heterocycles. The first-order chi connectivity index (χ1) is 7.00. The number of terminal acetylenes is 1. The summed E-state index contributed by atoms with van der Waals surface area (Å²) in [6.45, 7) is 14.1. The summed E-state index contributed by atoms with van der Waals surface area (Å²) in [7, 11) is 0. The Morgan fingerprint density at radius 2 is 1.13 bits per heavy atom. The summed E-state index contributed by atoms with van der Waals surface area (Å²) in [6.07, 6.45) is 9.76. The molecule has 88 valence electrons. The van der Waals surface area contributed by atoms with Gasteiger partial charge in [-0.25, -0.2) is 0 Å². The van der Waals surface area contributed by atoms with E-state index in [1.54, 1.807) is 0 Å². The molecule has 3 atom stereocenters. The van der Waals surface area contributed by atoms with Crippen LogP contribution in [0.2, 0.25) is 14.3 Å².